The number of carbonyl (C=O) groups excluding carboxylic acids is 5. The SMILES string of the molecule is CNC(=O)NC(=O)[C@H](OC(=O)CN1C(=O)[C@H]2CCCC[C@H]2C1=O)c1ccccc1. The summed E-state index contributed by atoms with van der Waals surface area (Å²) in [5.74, 6) is -3.19. The number of nitrogens with zero attached hydrogens (tertiary/aromatic N) is 1. The Morgan fingerprint density at radius 1 is 1.07 bits per heavy atom. The van der Waals surface area contributed by atoms with Gasteiger partial charge in [-0.3, -0.25) is 29.4 Å². The van der Waals surface area contributed by atoms with Crippen molar-refractivity contribution in [3.05, 3.63) is 35.9 Å². The van der Waals surface area contributed by atoms with Gasteiger partial charge in [-0.2, -0.15) is 0 Å². The molecule has 1 aromatic rings. The third-order valence-electron chi connectivity index (χ3n) is 5.27. The Balaban J connectivity index is 1.71. The van der Waals surface area contributed by atoms with Crippen LogP contribution in [0.2, 0.25) is 0 Å². The molecule has 1 aliphatic heterocycles. The third kappa shape index (κ3) is 4.44. The van der Waals surface area contributed by atoms with Crippen LogP contribution < -0.4 is 10.6 Å². The van der Waals surface area contributed by atoms with Gasteiger partial charge in [-0.05, 0) is 12.8 Å². The molecular weight excluding hydrogens is 378 g/mol. The van der Waals surface area contributed by atoms with Crippen LogP contribution in [0.3, 0.4) is 0 Å². The van der Waals surface area contributed by atoms with E-state index in [0.717, 1.165) is 17.7 Å². The summed E-state index contributed by atoms with van der Waals surface area (Å²) in [6, 6.07) is 7.43. The molecule has 154 valence electrons. The number of imide groups is 2. The number of carbonyl (C=O) groups is 5. The number of rotatable bonds is 5. The van der Waals surface area contributed by atoms with Gasteiger partial charge in [-0.25, -0.2) is 4.79 Å². The highest BCUT2D eigenvalue weighted by Gasteiger charge is 2.48. The average Bonchev–Trinajstić information content (AvgIpc) is 2.97. The molecule has 9 heteroatoms. The molecule has 1 heterocycles. The van der Waals surface area contributed by atoms with Crippen molar-refractivity contribution in [3.63, 3.8) is 0 Å². The predicted molar refractivity (Wildman–Crippen MR) is 100 cm³/mol. The maximum atomic E-state index is 12.5. The summed E-state index contributed by atoms with van der Waals surface area (Å²) in [6.07, 6.45) is 1.66. The summed E-state index contributed by atoms with van der Waals surface area (Å²) >= 11 is 0. The first-order valence-corrected chi connectivity index (χ1v) is 9.54. The molecule has 0 radical (unpaired) electrons. The second kappa shape index (κ2) is 8.85. The lowest BCUT2D eigenvalue weighted by Crippen LogP contribution is -2.42. The largest absolute Gasteiger partial charge is 0.446 e. The van der Waals surface area contributed by atoms with Gasteiger partial charge in [-0.15, -0.1) is 0 Å². The van der Waals surface area contributed by atoms with Gasteiger partial charge in [0, 0.05) is 12.6 Å². The highest BCUT2D eigenvalue weighted by Crippen LogP contribution is 2.38. The Morgan fingerprint density at radius 3 is 2.21 bits per heavy atom. The van der Waals surface area contributed by atoms with Gasteiger partial charge < -0.3 is 10.1 Å². The fraction of sp³-hybridized carbons (Fsp3) is 0.450. The molecule has 3 atom stereocenters. The first kappa shape index (κ1) is 20.5. The standard InChI is InChI=1S/C20H23N3O6/c1-21-20(28)22-17(25)16(12-7-3-2-4-8-12)29-15(24)11-23-18(26)13-9-5-6-10-14(13)19(23)27/h2-4,7-8,13-14,16H,5-6,9-11H2,1H3,(H2,21,22,25,28)/t13-,14+,16-/m1/s1. The average molecular weight is 401 g/mol. The molecule has 2 aliphatic rings. The van der Waals surface area contributed by atoms with Crippen LogP contribution in [-0.2, 0) is 23.9 Å². The van der Waals surface area contributed by atoms with Gasteiger partial charge in [0.15, 0.2) is 0 Å². The van der Waals surface area contributed by atoms with Crippen LogP contribution in [0.4, 0.5) is 4.79 Å². The first-order chi connectivity index (χ1) is 13.9. The van der Waals surface area contributed by atoms with Crippen LogP contribution in [-0.4, -0.2) is 48.2 Å². The quantitative estimate of drug-likeness (QED) is 0.558. The van der Waals surface area contributed by atoms with E-state index in [1.165, 1.54) is 7.05 Å². The summed E-state index contributed by atoms with van der Waals surface area (Å²) < 4.78 is 5.28. The lowest BCUT2D eigenvalue weighted by atomic mass is 9.81. The van der Waals surface area contributed by atoms with E-state index in [1.807, 2.05) is 0 Å². The lowest BCUT2D eigenvalue weighted by molar-refractivity contribution is -0.160. The molecule has 1 aromatic carbocycles. The van der Waals surface area contributed by atoms with E-state index in [1.54, 1.807) is 30.3 Å². The normalized spacial score (nSPS) is 21.9. The lowest BCUT2D eigenvalue weighted by Gasteiger charge is -2.19. The van der Waals surface area contributed by atoms with Gasteiger partial charge in [0.25, 0.3) is 5.91 Å². The minimum atomic E-state index is -1.39. The van der Waals surface area contributed by atoms with E-state index < -0.39 is 30.6 Å². The summed E-state index contributed by atoms with van der Waals surface area (Å²) in [5, 5.41) is 4.32. The van der Waals surface area contributed by atoms with E-state index in [9.17, 15) is 24.0 Å². The Hall–Kier alpha value is -3.23. The molecular formula is C20H23N3O6. The highest BCUT2D eigenvalue weighted by molar-refractivity contribution is 6.07. The first-order valence-electron chi connectivity index (χ1n) is 9.54. The zero-order valence-electron chi connectivity index (χ0n) is 16.1. The minimum Gasteiger partial charge on any atom is -0.446 e. The van der Waals surface area contributed by atoms with Crippen molar-refractivity contribution in [2.24, 2.45) is 11.8 Å². The highest BCUT2D eigenvalue weighted by atomic mass is 16.5. The van der Waals surface area contributed by atoms with Crippen molar-refractivity contribution in [1.82, 2.24) is 15.5 Å². The molecule has 2 fully saturated rings. The Labute approximate surface area is 167 Å². The maximum absolute atomic E-state index is 12.5. The van der Waals surface area contributed by atoms with Crippen LogP contribution in [0.1, 0.15) is 37.4 Å². The monoisotopic (exact) mass is 401 g/mol. The molecule has 0 aromatic heterocycles. The van der Waals surface area contributed by atoms with Crippen LogP contribution in [0.5, 0.6) is 0 Å². The number of urea groups is 1. The van der Waals surface area contributed by atoms with Crippen molar-refractivity contribution in [2.75, 3.05) is 13.6 Å². The second-order valence-electron chi connectivity index (χ2n) is 7.11. The van der Waals surface area contributed by atoms with Gasteiger partial charge in [-0.1, -0.05) is 43.2 Å². The molecule has 3 rings (SSSR count). The summed E-state index contributed by atoms with van der Waals surface area (Å²) in [6.45, 7) is -0.554. The van der Waals surface area contributed by atoms with E-state index >= 15 is 0 Å². The van der Waals surface area contributed by atoms with Gasteiger partial charge in [0.1, 0.15) is 6.54 Å². The molecule has 0 spiro atoms. The zero-order valence-corrected chi connectivity index (χ0v) is 16.1. The van der Waals surface area contributed by atoms with Crippen LogP contribution >= 0.6 is 0 Å². The Bertz CT molecular complexity index is 801. The second-order valence-corrected chi connectivity index (χ2v) is 7.11. The van der Waals surface area contributed by atoms with Gasteiger partial charge in [0.2, 0.25) is 17.9 Å². The fourth-order valence-corrected chi connectivity index (χ4v) is 3.83. The summed E-state index contributed by atoms with van der Waals surface area (Å²) in [5.41, 5.74) is 0.356. The van der Waals surface area contributed by atoms with Crippen molar-refractivity contribution >= 4 is 29.7 Å². The molecule has 29 heavy (non-hydrogen) atoms. The number of likely N-dealkylation sites (tertiary alicyclic amines) is 1. The molecule has 9 nitrogen and oxygen atoms in total. The Kier molecular flexibility index (Phi) is 6.26. The number of hydrogen-bond acceptors (Lipinski definition) is 6. The van der Waals surface area contributed by atoms with E-state index in [4.69, 9.17) is 4.74 Å². The number of hydrogen-bond donors (Lipinski definition) is 2. The van der Waals surface area contributed by atoms with Gasteiger partial charge in [0.05, 0.1) is 11.8 Å². The van der Waals surface area contributed by atoms with Crippen molar-refractivity contribution in [1.29, 1.82) is 0 Å². The summed E-state index contributed by atoms with van der Waals surface area (Å²) in [4.78, 5) is 62.4. The molecule has 2 N–H and O–H groups in total. The molecule has 1 aliphatic carbocycles. The molecule has 1 saturated carbocycles. The smallest absolute Gasteiger partial charge is 0.327 e. The molecule has 0 bridgehead atoms. The number of amides is 5. The summed E-state index contributed by atoms with van der Waals surface area (Å²) in [7, 11) is 1.34. The van der Waals surface area contributed by atoms with Gasteiger partial charge >= 0.3 is 12.0 Å². The van der Waals surface area contributed by atoms with E-state index in [2.05, 4.69) is 10.6 Å². The van der Waals surface area contributed by atoms with Crippen molar-refractivity contribution < 1.29 is 28.7 Å². The number of esters is 1. The Morgan fingerprint density at radius 2 is 1.66 bits per heavy atom. The van der Waals surface area contributed by atoms with Crippen molar-refractivity contribution in [2.45, 2.75) is 31.8 Å². The number of fused-ring (bicyclic) bond motifs is 1. The van der Waals surface area contributed by atoms with E-state index in [0.29, 0.717) is 18.4 Å². The fourth-order valence-electron chi connectivity index (χ4n) is 3.83. The topological polar surface area (TPSA) is 122 Å². The third-order valence-corrected chi connectivity index (χ3v) is 5.27. The minimum absolute atomic E-state index is 0.356. The molecule has 1 saturated heterocycles. The zero-order chi connectivity index (χ0) is 21.0. The number of nitrogens with one attached hydrogen (secondary N) is 2. The van der Waals surface area contributed by atoms with Crippen LogP contribution in [0.15, 0.2) is 30.3 Å². The van der Waals surface area contributed by atoms with Crippen LogP contribution in [0.25, 0.3) is 0 Å². The predicted octanol–water partition coefficient (Wildman–Crippen LogP) is 0.902. The van der Waals surface area contributed by atoms with E-state index in [-0.39, 0.29) is 23.7 Å². The molecule has 5 amide bonds. The number of benzene rings is 1. The van der Waals surface area contributed by atoms with Crippen molar-refractivity contribution in [3.8, 4) is 0 Å². The maximum Gasteiger partial charge on any atom is 0.327 e. The number of ether oxygens (including phenoxy) is 1. The van der Waals surface area contributed by atoms with Crippen LogP contribution in [0, 0.1) is 11.8 Å². The molecule has 0 unspecified atom stereocenters.